The number of carbonyl (C=O) groups excluding carboxylic acids is 1. The van der Waals surface area contributed by atoms with Gasteiger partial charge in [0, 0.05) is 32.6 Å². The van der Waals surface area contributed by atoms with E-state index in [1.54, 1.807) is 7.05 Å². The summed E-state index contributed by atoms with van der Waals surface area (Å²) < 4.78 is 10.6. The molecule has 0 fully saturated rings. The van der Waals surface area contributed by atoms with Crippen LogP contribution in [0.15, 0.2) is 23.2 Å². The first-order valence-corrected chi connectivity index (χ1v) is 7.71. The minimum atomic E-state index is -0.00144. The molecule has 0 radical (unpaired) electrons. The second-order valence-corrected chi connectivity index (χ2v) is 5.49. The second-order valence-electron chi connectivity index (χ2n) is 5.49. The van der Waals surface area contributed by atoms with Crippen LogP contribution < -0.4 is 25.4 Å². The molecular weight excluding hydrogens is 423 g/mol. The summed E-state index contributed by atoms with van der Waals surface area (Å²) in [6.07, 6.45) is 0. The van der Waals surface area contributed by atoms with Crippen LogP contribution in [0.1, 0.15) is 19.4 Å². The molecule has 1 aliphatic heterocycles. The number of benzene rings is 1. The molecule has 0 spiro atoms. The molecule has 0 bridgehead atoms. The van der Waals surface area contributed by atoms with Crippen LogP contribution in [-0.2, 0) is 11.3 Å². The van der Waals surface area contributed by atoms with Gasteiger partial charge in [0.1, 0.15) is 0 Å². The summed E-state index contributed by atoms with van der Waals surface area (Å²) >= 11 is 0. The number of fused-ring (bicyclic) bond motifs is 1. The molecule has 24 heavy (non-hydrogen) atoms. The number of hydrogen-bond acceptors (Lipinski definition) is 4. The largest absolute Gasteiger partial charge is 0.454 e. The molecule has 0 saturated carbocycles. The molecule has 1 aliphatic rings. The van der Waals surface area contributed by atoms with E-state index in [0.717, 1.165) is 17.1 Å². The van der Waals surface area contributed by atoms with Crippen LogP contribution in [0.4, 0.5) is 0 Å². The van der Waals surface area contributed by atoms with Gasteiger partial charge in [0.05, 0.1) is 0 Å². The molecule has 0 saturated heterocycles. The molecule has 0 aromatic heterocycles. The fourth-order valence-corrected chi connectivity index (χ4v) is 2.03. The van der Waals surface area contributed by atoms with Crippen molar-refractivity contribution in [1.29, 1.82) is 0 Å². The summed E-state index contributed by atoms with van der Waals surface area (Å²) in [6.45, 7) is 5.80. The summed E-state index contributed by atoms with van der Waals surface area (Å²) in [5.74, 6) is 2.27. The van der Waals surface area contributed by atoms with Gasteiger partial charge in [-0.25, -0.2) is 0 Å². The number of guanidine groups is 1. The summed E-state index contributed by atoms with van der Waals surface area (Å²) in [5.41, 5.74) is 1.07. The third-order valence-electron chi connectivity index (χ3n) is 3.36. The van der Waals surface area contributed by atoms with Crippen molar-refractivity contribution in [2.24, 2.45) is 10.9 Å². The quantitative estimate of drug-likeness (QED) is 0.266. The van der Waals surface area contributed by atoms with Gasteiger partial charge in [-0.1, -0.05) is 19.9 Å². The Balaban J connectivity index is 0.00000288. The lowest BCUT2D eigenvalue weighted by molar-refractivity contribution is -0.123. The Labute approximate surface area is 159 Å². The van der Waals surface area contributed by atoms with Crippen LogP contribution in [0, 0.1) is 5.92 Å². The van der Waals surface area contributed by atoms with Crippen LogP contribution in [0.3, 0.4) is 0 Å². The standard InChI is InChI=1S/C16H24N4O3.HI/c1-11(2)15(21)18-6-7-19-16(17-3)20-9-12-4-5-13-14(8-12)23-10-22-13;/h4-5,8,11H,6-7,9-10H2,1-3H3,(H,18,21)(H2,17,19,20);1H. The van der Waals surface area contributed by atoms with E-state index >= 15 is 0 Å². The van der Waals surface area contributed by atoms with E-state index in [0.29, 0.717) is 25.6 Å². The molecule has 1 aromatic carbocycles. The molecule has 8 heteroatoms. The van der Waals surface area contributed by atoms with E-state index in [9.17, 15) is 4.79 Å². The Bertz CT molecular complexity index is 578. The predicted octanol–water partition coefficient (Wildman–Crippen LogP) is 1.47. The first-order chi connectivity index (χ1) is 11.1. The van der Waals surface area contributed by atoms with Crippen molar-refractivity contribution in [2.75, 3.05) is 26.9 Å². The van der Waals surface area contributed by atoms with Gasteiger partial charge in [-0.3, -0.25) is 9.79 Å². The molecule has 0 aliphatic carbocycles. The Morgan fingerprint density at radius 3 is 2.58 bits per heavy atom. The van der Waals surface area contributed by atoms with Gasteiger partial charge in [-0.2, -0.15) is 0 Å². The lowest BCUT2D eigenvalue weighted by Crippen LogP contribution is -2.41. The lowest BCUT2D eigenvalue weighted by atomic mass is 10.2. The first kappa shape index (κ1) is 20.3. The number of aliphatic imine (C=N–C) groups is 1. The number of rotatable bonds is 6. The molecule has 1 aromatic rings. The normalized spacial score (nSPS) is 12.6. The van der Waals surface area contributed by atoms with Gasteiger partial charge in [-0.15, -0.1) is 24.0 Å². The van der Waals surface area contributed by atoms with E-state index in [1.165, 1.54) is 0 Å². The van der Waals surface area contributed by atoms with E-state index in [-0.39, 0.29) is 42.6 Å². The zero-order chi connectivity index (χ0) is 16.7. The van der Waals surface area contributed by atoms with Crippen molar-refractivity contribution in [1.82, 2.24) is 16.0 Å². The number of hydrogen-bond donors (Lipinski definition) is 3. The third kappa shape index (κ3) is 6.06. The Morgan fingerprint density at radius 2 is 1.88 bits per heavy atom. The van der Waals surface area contributed by atoms with Crippen LogP contribution in [-0.4, -0.2) is 38.8 Å². The number of nitrogens with one attached hydrogen (secondary N) is 3. The highest BCUT2D eigenvalue weighted by molar-refractivity contribution is 14.0. The maximum Gasteiger partial charge on any atom is 0.231 e. The highest BCUT2D eigenvalue weighted by Crippen LogP contribution is 2.32. The minimum Gasteiger partial charge on any atom is -0.454 e. The maximum absolute atomic E-state index is 11.5. The summed E-state index contributed by atoms with van der Waals surface area (Å²) in [6, 6.07) is 5.83. The zero-order valence-electron chi connectivity index (χ0n) is 14.2. The van der Waals surface area contributed by atoms with Gasteiger partial charge < -0.3 is 25.4 Å². The van der Waals surface area contributed by atoms with Crippen molar-refractivity contribution >= 4 is 35.8 Å². The summed E-state index contributed by atoms with van der Waals surface area (Å²) in [7, 11) is 1.71. The molecule has 3 N–H and O–H groups in total. The number of ether oxygens (including phenoxy) is 2. The van der Waals surface area contributed by atoms with Gasteiger partial charge >= 0.3 is 0 Å². The minimum absolute atomic E-state index is 0. The van der Waals surface area contributed by atoms with Gasteiger partial charge in [0.15, 0.2) is 17.5 Å². The lowest BCUT2D eigenvalue weighted by Gasteiger charge is -2.13. The highest BCUT2D eigenvalue weighted by Gasteiger charge is 2.13. The van der Waals surface area contributed by atoms with Crippen molar-refractivity contribution < 1.29 is 14.3 Å². The molecule has 0 unspecified atom stereocenters. The predicted molar refractivity (Wildman–Crippen MR) is 104 cm³/mol. The van der Waals surface area contributed by atoms with E-state index in [2.05, 4.69) is 20.9 Å². The number of halogens is 1. The maximum atomic E-state index is 11.5. The van der Waals surface area contributed by atoms with E-state index in [4.69, 9.17) is 9.47 Å². The molecule has 1 heterocycles. The topological polar surface area (TPSA) is 84.0 Å². The Kier molecular flexibility index (Phi) is 8.66. The molecule has 2 rings (SSSR count). The highest BCUT2D eigenvalue weighted by atomic mass is 127. The molecule has 7 nitrogen and oxygen atoms in total. The van der Waals surface area contributed by atoms with Crippen molar-refractivity contribution in [3.63, 3.8) is 0 Å². The second kappa shape index (κ2) is 10.2. The molecule has 1 amide bonds. The van der Waals surface area contributed by atoms with Crippen LogP contribution in [0.2, 0.25) is 0 Å². The number of carbonyl (C=O) groups is 1. The average Bonchev–Trinajstić information content (AvgIpc) is 3.01. The van der Waals surface area contributed by atoms with Gasteiger partial charge in [0.2, 0.25) is 12.7 Å². The SMILES string of the molecule is CN=C(NCCNC(=O)C(C)C)NCc1ccc2c(c1)OCO2.I. The van der Waals surface area contributed by atoms with Gasteiger partial charge in [-0.05, 0) is 17.7 Å². The van der Waals surface area contributed by atoms with Crippen molar-refractivity contribution in [3.8, 4) is 11.5 Å². The van der Waals surface area contributed by atoms with Crippen LogP contribution in [0.5, 0.6) is 11.5 Å². The van der Waals surface area contributed by atoms with Crippen molar-refractivity contribution in [3.05, 3.63) is 23.8 Å². The molecule has 0 atom stereocenters. The number of amides is 1. The van der Waals surface area contributed by atoms with E-state index < -0.39 is 0 Å². The van der Waals surface area contributed by atoms with E-state index in [1.807, 2.05) is 32.0 Å². The third-order valence-corrected chi connectivity index (χ3v) is 3.36. The van der Waals surface area contributed by atoms with Crippen LogP contribution >= 0.6 is 24.0 Å². The summed E-state index contributed by atoms with van der Waals surface area (Å²) in [4.78, 5) is 15.6. The zero-order valence-corrected chi connectivity index (χ0v) is 16.5. The fourth-order valence-electron chi connectivity index (χ4n) is 2.03. The monoisotopic (exact) mass is 448 g/mol. The first-order valence-electron chi connectivity index (χ1n) is 7.71. The Hall–Kier alpha value is -1.71. The number of nitrogens with zero attached hydrogens (tertiary/aromatic N) is 1. The van der Waals surface area contributed by atoms with Gasteiger partial charge in [0.25, 0.3) is 0 Å². The smallest absolute Gasteiger partial charge is 0.231 e. The average molecular weight is 448 g/mol. The van der Waals surface area contributed by atoms with Crippen LogP contribution in [0.25, 0.3) is 0 Å². The Morgan fingerprint density at radius 1 is 1.17 bits per heavy atom. The molecular formula is C16H25IN4O3. The summed E-state index contributed by atoms with van der Waals surface area (Å²) in [5, 5.41) is 9.22. The van der Waals surface area contributed by atoms with Crippen molar-refractivity contribution in [2.45, 2.75) is 20.4 Å². The fraction of sp³-hybridized carbons (Fsp3) is 0.500. The molecule has 134 valence electrons.